The average molecular weight is 157 g/mol. The van der Waals surface area contributed by atoms with Gasteiger partial charge in [-0.15, -0.1) is 0 Å². The largest absolute Gasteiger partial charge is 0.338 e. The van der Waals surface area contributed by atoms with Gasteiger partial charge in [-0.3, -0.25) is 4.79 Å². The van der Waals surface area contributed by atoms with Crippen molar-refractivity contribution in [2.45, 2.75) is 12.8 Å². The van der Waals surface area contributed by atoms with E-state index in [-0.39, 0.29) is 0 Å². The lowest BCUT2D eigenvalue weighted by Crippen LogP contribution is -3.06. The maximum absolute atomic E-state index is 11.1. The lowest BCUT2D eigenvalue weighted by molar-refractivity contribution is -0.857. The second-order valence-electron chi connectivity index (χ2n) is 3.44. The molecule has 1 saturated heterocycles. The molecule has 3 heteroatoms. The van der Waals surface area contributed by atoms with Gasteiger partial charge in [0, 0.05) is 13.0 Å². The maximum atomic E-state index is 11.1. The van der Waals surface area contributed by atoms with E-state index in [1.54, 1.807) is 0 Å². The number of rotatable bonds is 3. The highest BCUT2D eigenvalue weighted by molar-refractivity contribution is 5.77. The van der Waals surface area contributed by atoms with Gasteiger partial charge in [0.2, 0.25) is 5.91 Å². The third kappa shape index (κ3) is 2.50. The number of carbonyl (C=O) groups is 1. The van der Waals surface area contributed by atoms with Crippen LogP contribution in [0.5, 0.6) is 0 Å². The molecular formula is C8H17N2O+. The second kappa shape index (κ2) is 3.72. The molecule has 1 N–H and O–H groups in total. The van der Waals surface area contributed by atoms with Gasteiger partial charge in [0.15, 0.2) is 0 Å². The Morgan fingerprint density at radius 3 is 2.73 bits per heavy atom. The van der Waals surface area contributed by atoms with Gasteiger partial charge in [0.1, 0.15) is 0 Å². The first-order valence-electron chi connectivity index (χ1n) is 4.27. The van der Waals surface area contributed by atoms with Gasteiger partial charge >= 0.3 is 0 Å². The molecule has 0 aromatic heterocycles. The third-order valence-electron chi connectivity index (χ3n) is 2.05. The summed E-state index contributed by atoms with van der Waals surface area (Å²) in [4.78, 5) is 14.5. The van der Waals surface area contributed by atoms with Crippen molar-refractivity contribution < 1.29 is 9.69 Å². The van der Waals surface area contributed by atoms with Gasteiger partial charge in [-0.1, -0.05) is 0 Å². The lowest BCUT2D eigenvalue weighted by atomic mass is 10.4. The maximum Gasteiger partial charge on any atom is 0.222 e. The number of quaternary nitrogens is 1. The Kier molecular flexibility index (Phi) is 2.88. The predicted octanol–water partition coefficient (Wildman–Crippen LogP) is -1.25. The average Bonchev–Trinajstić information content (AvgIpc) is 2.31. The van der Waals surface area contributed by atoms with Crippen molar-refractivity contribution in [2.75, 3.05) is 33.7 Å². The van der Waals surface area contributed by atoms with Crippen LogP contribution < -0.4 is 4.90 Å². The van der Waals surface area contributed by atoms with Crippen LogP contribution in [0.2, 0.25) is 0 Å². The minimum Gasteiger partial charge on any atom is -0.338 e. The fourth-order valence-corrected chi connectivity index (χ4v) is 1.30. The Balaban J connectivity index is 2.20. The van der Waals surface area contributed by atoms with Gasteiger partial charge < -0.3 is 9.80 Å². The standard InChI is InChI=1S/C8H16N2O/c1-9(2)6-7-10-5-3-4-8(10)11/h3-7H2,1-2H3/p+1. The third-order valence-corrected chi connectivity index (χ3v) is 2.05. The highest BCUT2D eigenvalue weighted by Crippen LogP contribution is 2.07. The number of likely N-dealkylation sites (N-methyl/N-ethyl adjacent to an activating group) is 1. The normalized spacial score (nSPS) is 18.5. The van der Waals surface area contributed by atoms with Crippen LogP contribution in [0.3, 0.4) is 0 Å². The van der Waals surface area contributed by atoms with Crippen molar-refractivity contribution in [2.24, 2.45) is 0 Å². The van der Waals surface area contributed by atoms with E-state index < -0.39 is 0 Å². The summed E-state index contributed by atoms with van der Waals surface area (Å²) in [6, 6.07) is 0. The van der Waals surface area contributed by atoms with Gasteiger partial charge in [-0.05, 0) is 6.42 Å². The van der Waals surface area contributed by atoms with Crippen LogP contribution in [0.25, 0.3) is 0 Å². The molecule has 1 amide bonds. The van der Waals surface area contributed by atoms with Gasteiger partial charge in [0.05, 0.1) is 27.2 Å². The molecule has 1 rings (SSSR count). The van der Waals surface area contributed by atoms with Crippen LogP contribution in [0.15, 0.2) is 0 Å². The van der Waals surface area contributed by atoms with Crippen LogP contribution in [0.4, 0.5) is 0 Å². The fourth-order valence-electron chi connectivity index (χ4n) is 1.30. The molecule has 1 heterocycles. The molecule has 1 aliphatic rings. The van der Waals surface area contributed by atoms with E-state index in [0.717, 1.165) is 32.5 Å². The Morgan fingerprint density at radius 2 is 2.27 bits per heavy atom. The topological polar surface area (TPSA) is 24.8 Å². The molecule has 11 heavy (non-hydrogen) atoms. The minimum atomic E-state index is 0.339. The van der Waals surface area contributed by atoms with Gasteiger partial charge in [-0.2, -0.15) is 0 Å². The number of hydrogen-bond acceptors (Lipinski definition) is 1. The molecule has 0 bridgehead atoms. The molecule has 3 nitrogen and oxygen atoms in total. The van der Waals surface area contributed by atoms with Crippen LogP contribution in [-0.2, 0) is 4.79 Å². The second-order valence-corrected chi connectivity index (χ2v) is 3.44. The molecule has 1 fully saturated rings. The number of likely N-dealkylation sites (tertiary alicyclic amines) is 1. The molecule has 0 radical (unpaired) electrons. The SMILES string of the molecule is C[NH+](C)CCN1CCCC1=O. The van der Waals surface area contributed by atoms with Crippen molar-refractivity contribution in [3.8, 4) is 0 Å². The summed E-state index contributed by atoms with van der Waals surface area (Å²) in [5.41, 5.74) is 0. The van der Waals surface area contributed by atoms with E-state index in [9.17, 15) is 4.79 Å². The van der Waals surface area contributed by atoms with Gasteiger partial charge in [0.25, 0.3) is 0 Å². The fraction of sp³-hybridized carbons (Fsp3) is 0.875. The zero-order chi connectivity index (χ0) is 8.27. The Bertz CT molecular complexity index is 145. The van der Waals surface area contributed by atoms with Crippen molar-refractivity contribution in [3.05, 3.63) is 0 Å². The molecule has 0 aromatic rings. The molecule has 64 valence electrons. The van der Waals surface area contributed by atoms with Crippen molar-refractivity contribution in [1.82, 2.24) is 4.90 Å². The van der Waals surface area contributed by atoms with E-state index in [2.05, 4.69) is 14.1 Å². The van der Waals surface area contributed by atoms with Crippen molar-refractivity contribution in [3.63, 3.8) is 0 Å². The molecule has 0 atom stereocenters. The summed E-state index contributed by atoms with van der Waals surface area (Å²) in [5, 5.41) is 0. The van der Waals surface area contributed by atoms with Crippen LogP contribution in [0.1, 0.15) is 12.8 Å². The first-order chi connectivity index (χ1) is 5.20. The summed E-state index contributed by atoms with van der Waals surface area (Å²) in [5.74, 6) is 0.339. The van der Waals surface area contributed by atoms with E-state index in [4.69, 9.17) is 0 Å². The summed E-state index contributed by atoms with van der Waals surface area (Å²) in [6.45, 7) is 2.97. The first-order valence-corrected chi connectivity index (χ1v) is 4.27. The summed E-state index contributed by atoms with van der Waals surface area (Å²) in [6.07, 6.45) is 1.82. The van der Waals surface area contributed by atoms with E-state index in [1.807, 2.05) is 4.90 Å². The lowest BCUT2D eigenvalue weighted by Gasteiger charge is -2.16. The molecule has 0 unspecified atom stereocenters. The van der Waals surface area contributed by atoms with E-state index in [1.165, 1.54) is 4.90 Å². The molecule has 0 spiro atoms. The number of carbonyl (C=O) groups excluding carboxylic acids is 1. The number of amides is 1. The zero-order valence-corrected chi connectivity index (χ0v) is 7.39. The molecule has 0 aromatic carbocycles. The minimum absolute atomic E-state index is 0.339. The Hall–Kier alpha value is -0.570. The summed E-state index contributed by atoms with van der Waals surface area (Å²) < 4.78 is 0. The Labute approximate surface area is 68.0 Å². The predicted molar refractivity (Wildman–Crippen MR) is 43.5 cm³/mol. The summed E-state index contributed by atoms with van der Waals surface area (Å²) in [7, 11) is 4.22. The first kappa shape index (κ1) is 8.53. The quantitative estimate of drug-likeness (QED) is 0.544. The van der Waals surface area contributed by atoms with E-state index in [0.29, 0.717) is 5.91 Å². The number of nitrogens with zero attached hydrogens (tertiary/aromatic N) is 1. The summed E-state index contributed by atoms with van der Waals surface area (Å²) >= 11 is 0. The highest BCUT2D eigenvalue weighted by Gasteiger charge is 2.19. The molecule has 0 saturated carbocycles. The number of nitrogens with one attached hydrogen (secondary N) is 1. The monoisotopic (exact) mass is 157 g/mol. The van der Waals surface area contributed by atoms with Crippen molar-refractivity contribution in [1.29, 1.82) is 0 Å². The highest BCUT2D eigenvalue weighted by atomic mass is 16.2. The van der Waals surface area contributed by atoms with Crippen LogP contribution in [-0.4, -0.2) is 44.5 Å². The van der Waals surface area contributed by atoms with Crippen LogP contribution in [0, 0.1) is 0 Å². The smallest absolute Gasteiger partial charge is 0.222 e. The van der Waals surface area contributed by atoms with Crippen LogP contribution >= 0.6 is 0 Å². The van der Waals surface area contributed by atoms with Crippen molar-refractivity contribution >= 4 is 5.91 Å². The Morgan fingerprint density at radius 1 is 1.55 bits per heavy atom. The number of hydrogen-bond donors (Lipinski definition) is 1. The molecular weight excluding hydrogens is 140 g/mol. The molecule has 0 aliphatic carbocycles. The van der Waals surface area contributed by atoms with Gasteiger partial charge in [-0.25, -0.2) is 0 Å². The molecule has 1 aliphatic heterocycles. The van der Waals surface area contributed by atoms with E-state index >= 15 is 0 Å². The zero-order valence-electron chi connectivity index (χ0n) is 7.39.